The third-order valence-corrected chi connectivity index (χ3v) is 4.53. The van der Waals surface area contributed by atoms with Crippen molar-refractivity contribution in [2.24, 2.45) is 0 Å². The highest BCUT2D eigenvalue weighted by molar-refractivity contribution is 7.90. The molecule has 2 N–H and O–H groups in total. The van der Waals surface area contributed by atoms with Gasteiger partial charge in [0.1, 0.15) is 0 Å². The lowest BCUT2D eigenvalue weighted by atomic mass is 10.2. The topological polar surface area (TPSA) is 105 Å². The molecule has 2 amide bonds. The fourth-order valence-corrected chi connectivity index (χ4v) is 2.70. The van der Waals surface area contributed by atoms with Crippen molar-refractivity contribution in [3.63, 3.8) is 0 Å². The Morgan fingerprint density at radius 3 is 2.32 bits per heavy atom. The van der Waals surface area contributed by atoms with Crippen molar-refractivity contribution in [2.75, 3.05) is 6.26 Å². The quantitative estimate of drug-likeness (QED) is 0.800. The molecule has 0 spiro atoms. The van der Waals surface area contributed by atoms with Crippen molar-refractivity contribution in [1.82, 2.24) is 15.6 Å². The van der Waals surface area contributed by atoms with Crippen molar-refractivity contribution in [1.29, 1.82) is 0 Å². The number of benzene rings is 1. The summed E-state index contributed by atoms with van der Waals surface area (Å²) in [7, 11) is -3.23. The molecule has 2 aromatic rings. The van der Waals surface area contributed by atoms with Gasteiger partial charge in [-0.25, -0.2) is 8.42 Å². The SMILES string of the molecule is CC(=O)NCc1cc(C(=O)NCc2ccc(S(C)(=O)=O)cc2)ccn1. The Balaban J connectivity index is 1.98. The molecular weight excluding hydrogens is 342 g/mol. The molecule has 0 saturated carbocycles. The molecule has 0 fully saturated rings. The summed E-state index contributed by atoms with van der Waals surface area (Å²) < 4.78 is 22.8. The van der Waals surface area contributed by atoms with Gasteiger partial charge in [0.25, 0.3) is 5.91 Å². The van der Waals surface area contributed by atoms with E-state index in [0.29, 0.717) is 11.3 Å². The van der Waals surface area contributed by atoms with Crippen LogP contribution in [0, 0.1) is 0 Å². The summed E-state index contributed by atoms with van der Waals surface area (Å²) in [5, 5.41) is 5.38. The number of hydrogen-bond acceptors (Lipinski definition) is 5. The molecule has 0 saturated heterocycles. The van der Waals surface area contributed by atoms with Crippen molar-refractivity contribution in [2.45, 2.75) is 24.9 Å². The van der Waals surface area contributed by atoms with Gasteiger partial charge >= 0.3 is 0 Å². The molecule has 1 heterocycles. The van der Waals surface area contributed by atoms with Crippen molar-refractivity contribution in [3.05, 3.63) is 59.4 Å². The first-order valence-corrected chi connectivity index (χ1v) is 9.41. The van der Waals surface area contributed by atoms with Gasteiger partial charge in [-0.2, -0.15) is 0 Å². The molecule has 0 atom stereocenters. The second kappa shape index (κ2) is 7.89. The number of amides is 2. The van der Waals surface area contributed by atoms with Crippen LogP contribution in [0.1, 0.15) is 28.5 Å². The molecule has 0 radical (unpaired) electrons. The van der Waals surface area contributed by atoms with Crippen LogP contribution in [0.5, 0.6) is 0 Å². The van der Waals surface area contributed by atoms with Crippen LogP contribution >= 0.6 is 0 Å². The van der Waals surface area contributed by atoms with Gasteiger partial charge in [0.15, 0.2) is 9.84 Å². The number of carbonyl (C=O) groups is 2. The molecule has 0 aliphatic heterocycles. The second-order valence-electron chi connectivity index (χ2n) is 5.54. The lowest BCUT2D eigenvalue weighted by molar-refractivity contribution is -0.119. The summed E-state index contributed by atoms with van der Waals surface area (Å²) in [6, 6.07) is 9.53. The van der Waals surface area contributed by atoms with Crippen LogP contribution in [0.15, 0.2) is 47.5 Å². The minimum absolute atomic E-state index is 0.172. The molecule has 8 heteroatoms. The molecular formula is C17H19N3O4S. The Kier molecular flexibility index (Phi) is 5.87. The Labute approximate surface area is 146 Å². The first kappa shape index (κ1) is 18.6. The van der Waals surface area contributed by atoms with E-state index >= 15 is 0 Å². The third-order valence-electron chi connectivity index (χ3n) is 3.40. The number of aromatic nitrogens is 1. The number of hydrogen-bond donors (Lipinski definition) is 2. The van der Waals surface area contributed by atoms with Gasteiger partial charge in [0, 0.05) is 31.5 Å². The Bertz CT molecular complexity index is 877. The van der Waals surface area contributed by atoms with Gasteiger partial charge in [0.2, 0.25) is 5.91 Å². The number of pyridine rings is 1. The third kappa shape index (κ3) is 5.68. The van der Waals surface area contributed by atoms with E-state index in [4.69, 9.17) is 0 Å². The molecule has 0 unspecified atom stereocenters. The summed E-state index contributed by atoms with van der Waals surface area (Å²) in [4.78, 5) is 27.5. The van der Waals surface area contributed by atoms with E-state index in [0.717, 1.165) is 11.8 Å². The van der Waals surface area contributed by atoms with Gasteiger partial charge < -0.3 is 10.6 Å². The van der Waals surface area contributed by atoms with Gasteiger partial charge in [0.05, 0.1) is 17.1 Å². The van der Waals surface area contributed by atoms with Crippen LogP contribution in [0.3, 0.4) is 0 Å². The highest BCUT2D eigenvalue weighted by Crippen LogP contribution is 2.10. The summed E-state index contributed by atoms with van der Waals surface area (Å²) in [6.07, 6.45) is 2.65. The highest BCUT2D eigenvalue weighted by Gasteiger charge is 2.09. The predicted molar refractivity (Wildman–Crippen MR) is 92.5 cm³/mol. The summed E-state index contributed by atoms with van der Waals surface area (Å²) >= 11 is 0. The van der Waals surface area contributed by atoms with Crippen LogP contribution in [0.25, 0.3) is 0 Å². The zero-order valence-electron chi connectivity index (χ0n) is 13.9. The Morgan fingerprint density at radius 1 is 1.04 bits per heavy atom. The van der Waals surface area contributed by atoms with Crippen LogP contribution < -0.4 is 10.6 Å². The second-order valence-corrected chi connectivity index (χ2v) is 7.56. The Hall–Kier alpha value is -2.74. The number of nitrogens with one attached hydrogen (secondary N) is 2. The lowest BCUT2D eigenvalue weighted by Gasteiger charge is -2.08. The van der Waals surface area contributed by atoms with Crippen LogP contribution in [0.4, 0.5) is 0 Å². The molecule has 132 valence electrons. The monoisotopic (exact) mass is 361 g/mol. The van der Waals surface area contributed by atoms with Gasteiger partial charge in [-0.15, -0.1) is 0 Å². The van der Waals surface area contributed by atoms with E-state index in [2.05, 4.69) is 15.6 Å². The molecule has 0 aliphatic carbocycles. The fourth-order valence-electron chi connectivity index (χ4n) is 2.07. The maximum atomic E-state index is 12.2. The number of nitrogens with zero attached hydrogens (tertiary/aromatic N) is 1. The summed E-state index contributed by atoms with van der Waals surface area (Å²) in [6.45, 7) is 1.93. The normalized spacial score (nSPS) is 11.0. The maximum absolute atomic E-state index is 12.2. The van der Waals surface area contributed by atoms with Crippen molar-refractivity contribution in [3.8, 4) is 0 Å². The molecule has 0 aliphatic rings. The van der Waals surface area contributed by atoms with Crippen molar-refractivity contribution >= 4 is 21.7 Å². The number of rotatable bonds is 6. The van der Waals surface area contributed by atoms with Crippen LogP contribution in [-0.4, -0.2) is 31.5 Å². The molecule has 7 nitrogen and oxygen atoms in total. The van der Waals surface area contributed by atoms with Crippen LogP contribution in [0.2, 0.25) is 0 Å². The minimum Gasteiger partial charge on any atom is -0.351 e. The van der Waals surface area contributed by atoms with E-state index in [1.807, 2.05) is 0 Å². The van der Waals surface area contributed by atoms with Crippen LogP contribution in [-0.2, 0) is 27.7 Å². The molecule has 0 bridgehead atoms. The zero-order valence-corrected chi connectivity index (χ0v) is 14.8. The largest absolute Gasteiger partial charge is 0.351 e. The minimum atomic E-state index is -3.23. The summed E-state index contributed by atoms with van der Waals surface area (Å²) in [5.74, 6) is -0.451. The fraction of sp³-hybridized carbons (Fsp3) is 0.235. The first-order valence-electron chi connectivity index (χ1n) is 7.52. The van der Waals surface area contributed by atoms with E-state index in [1.54, 1.807) is 24.3 Å². The smallest absolute Gasteiger partial charge is 0.251 e. The van der Waals surface area contributed by atoms with Crippen molar-refractivity contribution < 1.29 is 18.0 Å². The summed E-state index contributed by atoms with van der Waals surface area (Å²) in [5.41, 5.74) is 1.80. The standard InChI is InChI=1S/C17H19N3O4S/c1-12(21)19-11-15-9-14(7-8-18-15)17(22)20-10-13-3-5-16(6-4-13)25(2,23)24/h3-9H,10-11H2,1-2H3,(H,19,21)(H,20,22). The molecule has 25 heavy (non-hydrogen) atoms. The Morgan fingerprint density at radius 2 is 1.72 bits per heavy atom. The van der Waals surface area contributed by atoms with Gasteiger partial charge in [-0.3, -0.25) is 14.6 Å². The highest BCUT2D eigenvalue weighted by atomic mass is 32.2. The average Bonchev–Trinajstić information content (AvgIpc) is 2.57. The van der Waals surface area contributed by atoms with E-state index in [9.17, 15) is 18.0 Å². The molecule has 2 rings (SSSR count). The van der Waals surface area contributed by atoms with E-state index < -0.39 is 9.84 Å². The molecule has 1 aromatic heterocycles. The molecule has 1 aromatic carbocycles. The van der Waals surface area contributed by atoms with E-state index in [-0.39, 0.29) is 29.8 Å². The zero-order chi connectivity index (χ0) is 18.4. The number of sulfone groups is 1. The van der Waals surface area contributed by atoms with Gasteiger partial charge in [-0.1, -0.05) is 12.1 Å². The lowest BCUT2D eigenvalue weighted by Crippen LogP contribution is -2.24. The number of carbonyl (C=O) groups excluding carboxylic acids is 2. The average molecular weight is 361 g/mol. The van der Waals surface area contributed by atoms with E-state index in [1.165, 1.54) is 25.3 Å². The maximum Gasteiger partial charge on any atom is 0.251 e. The predicted octanol–water partition coefficient (Wildman–Crippen LogP) is 1.05. The first-order chi connectivity index (χ1) is 11.8. The van der Waals surface area contributed by atoms with Gasteiger partial charge in [-0.05, 0) is 29.8 Å².